The molecule has 0 saturated heterocycles. The van der Waals surface area contributed by atoms with Gasteiger partial charge in [0.2, 0.25) is 0 Å². The lowest BCUT2D eigenvalue weighted by molar-refractivity contribution is 0.247. The molecule has 0 bridgehead atoms. The van der Waals surface area contributed by atoms with Crippen molar-refractivity contribution in [1.82, 2.24) is 14.9 Å². The Hall–Kier alpha value is -3.34. The largest absolute Gasteiger partial charge is 0.336 e. The predicted molar refractivity (Wildman–Crippen MR) is 115 cm³/mol. The number of fused-ring (bicyclic) bond motifs is 3. The van der Waals surface area contributed by atoms with Crippen LogP contribution < -0.4 is 10.2 Å². The molecular weight excluding hydrogens is 348 g/mol. The summed E-state index contributed by atoms with van der Waals surface area (Å²) in [5, 5.41) is 5.41. The van der Waals surface area contributed by atoms with Crippen molar-refractivity contribution in [3.8, 4) is 0 Å². The van der Waals surface area contributed by atoms with Crippen LogP contribution in [0.25, 0.3) is 21.9 Å². The Labute approximate surface area is 164 Å². The van der Waals surface area contributed by atoms with Crippen molar-refractivity contribution in [2.45, 2.75) is 20.4 Å². The summed E-state index contributed by atoms with van der Waals surface area (Å²) in [4.78, 5) is 18.9. The Morgan fingerprint density at radius 1 is 1.07 bits per heavy atom. The number of nitrogens with zero attached hydrogens (tertiary/aromatic N) is 3. The topological polar surface area (TPSA) is 50.2 Å². The van der Waals surface area contributed by atoms with Gasteiger partial charge in [0.1, 0.15) is 5.65 Å². The molecule has 2 aromatic heterocycles. The molecular formula is C23H24N4O. The molecule has 0 atom stereocenters. The molecule has 5 nitrogen and oxygen atoms in total. The van der Waals surface area contributed by atoms with Gasteiger partial charge in [-0.1, -0.05) is 36.4 Å². The second-order valence-corrected chi connectivity index (χ2v) is 7.07. The van der Waals surface area contributed by atoms with Gasteiger partial charge in [0.25, 0.3) is 0 Å². The summed E-state index contributed by atoms with van der Waals surface area (Å²) in [6, 6.07) is 20.0. The van der Waals surface area contributed by atoms with Crippen LogP contribution in [0.3, 0.4) is 0 Å². The number of para-hydroxylation sites is 2. The standard InChI is InChI=1S/C23H24N4O/c1-16-15-17(2)25-22-21(16)19-11-7-8-12-20(19)27(22)14-13-24-23(28)26(3)18-9-5-4-6-10-18/h4-12,15H,13-14H2,1-3H3,(H,24,28). The average molecular weight is 372 g/mol. The van der Waals surface area contributed by atoms with Crippen LogP contribution in [-0.4, -0.2) is 29.2 Å². The molecule has 0 unspecified atom stereocenters. The molecule has 0 radical (unpaired) electrons. The summed E-state index contributed by atoms with van der Waals surface area (Å²) < 4.78 is 2.20. The van der Waals surface area contributed by atoms with Crippen molar-refractivity contribution in [3.63, 3.8) is 0 Å². The van der Waals surface area contributed by atoms with Crippen LogP contribution in [0.5, 0.6) is 0 Å². The van der Waals surface area contributed by atoms with Gasteiger partial charge in [-0.25, -0.2) is 9.78 Å². The highest BCUT2D eigenvalue weighted by Gasteiger charge is 2.15. The van der Waals surface area contributed by atoms with Crippen molar-refractivity contribution >= 4 is 33.7 Å². The molecule has 5 heteroatoms. The maximum atomic E-state index is 12.5. The molecule has 0 spiro atoms. The van der Waals surface area contributed by atoms with Gasteiger partial charge < -0.3 is 9.88 Å². The molecule has 142 valence electrons. The molecule has 2 heterocycles. The fourth-order valence-electron chi connectivity index (χ4n) is 3.77. The van der Waals surface area contributed by atoms with Gasteiger partial charge >= 0.3 is 6.03 Å². The third-order valence-corrected chi connectivity index (χ3v) is 5.11. The third kappa shape index (κ3) is 3.20. The number of nitrogens with one attached hydrogen (secondary N) is 1. The smallest absolute Gasteiger partial charge is 0.321 e. The number of aromatic nitrogens is 2. The first-order valence-electron chi connectivity index (χ1n) is 9.48. The van der Waals surface area contributed by atoms with E-state index in [0.717, 1.165) is 22.5 Å². The quantitative estimate of drug-likeness (QED) is 0.567. The molecule has 4 aromatic rings. The molecule has 28 heavy (non-hydrogen) atoms. The number of amides is 2. The number of pyridine rings is 1. The van der Waals surface area contributed by atoms with E-state index in [2.05, 4.69) is 41.1 Å². The molecule has 2 amide bonds. The summed E-state index contributed by atoms with van der Waals surface area (Å²) in [6.07, 6.45) is 0. The van der Waals surface area contributed by atoms with Crippen molar-refractivity contribution in [2.24, 2.45) is 0 Å². The molecule has 0 saturated carbocycles. The number of aryl methyl sites for hydroxylation is 2. The Bertz CT molecular complexity index is 1150. The van der Waals surface area contributed by atoms with Crippen LogP contribution in [0.1, 0.15) is 11.3 Å². The molecule has 0 aliphatic heterocycles. The highest BCUT2D eigenvalue weighted by atomic mass is 16.2. The number of carbonyl (C=O) groups is 1. The fourth-order valence-corrected chi connectivity index (χ4v) is 3.77. The average Bonchev–Trinajstić information content (AvgIpc) is 3.02. The minimum atomic E-state index is -0.118. The van der Waals surface area contributed by atoms with Crippen molar-refractivity contribution in [1.29, 1.82) is 0 Å². The van der Waals surface area contributed by atoms with Gasteiger partial charge in [0.05, 0.1) is 5.52 Å². The van der Waals surface area contributed by atoms with Gasteiger partial charge in [0.15, 0.2) is 0 Å². The van der Waals surface area contributed by atoms with E-state index in [1.54, 1.807) is 11.9 Å². The first-order valence-corrected chi connectivity index (χ1v) is 9.48. The van der Waals surface area contributed by atoms with E-state index >= 15 is 0 Å². The number of hydrogen-bond donors (Lipinski definition) is 1. The predicted octanol–water partition coefficient (Wildman–Crippen LogP) is 4.65. The maximum absolute atomic E-state index is 12.5. The minimum absolute atomic E-state index is 0.118. The lowest BCUT2D eigenvalue weighted by atomic mass is 10.1. The zero-order chi connectivity index (χ0) is 19.7. The SMILES string of the molecule is Cc1cc(C)c2c3ccccc3n(CCNC(=O)N(C)c3ccccc3)c2n1. The normalized spacial score (nSPS) is 11.1. The molecule has 0 aliphatic carbocycles. The Morgan fingerprint density at radius 3 is 2.57 bits per heavy atom. The van der Waals surface area contributed by atoms with E-state index in [1.807, 2.05) is 43.3 Å². The number of anilines is 1. The second kappa shape index (κ2) is 7.35. The number of urea groups is 1. The zero-order valence-corrected chi connectivity index (χ0v) is 16.4. The van der Waals surface area contributed by atoms with Gasteiger partial charge in [-0.2, -0.15) is 0 Å². The Kier molecular flexibility index (Phi) is 4.74. The second-order valence-electron chi connectivity index (χ2n) is 7.07. The van der Waals surface area contributed by atoms with E-state index in [1.165, 1.54) is 16.3 Å². The van der Waals surface area contributed by atoms with Gasteiger partial charge in [-0.15, -0.1) is 0 Å². The first-order chi connectivity index (χ1) is 13.6. The van der Waals surface area contributed by atoms with Crippen molar-refractivity contribution in [2.75, 3.05) is 18.5 Å². The first kappa shape index (κ1) is 18.0. The van der Waals surface area contributed by atoms with Gasteiger partial charge in [-0.05, 0) is 43.7 Å². The number of rotatable bonds is 4. The monoisotopic (exact) mass is 372 g/mol. The van der Waals surface area contributed by atoms with E-state index < -0.39 is 0 Å². The highest BCUT2D eigenvalue weighted by molar-refractivity contribution is 6.08. The molecule has 1 N–H and O–H groups in total. The molecule has 2 aromatic carbocycles. The third-order valence-electron chi connectivity index (χ3n) is 5.11. The number of hydrogen-bond acceptors (Lipinski definition) is 2. The minimum Gasteiger partial charge on any atom is -0.336 e. The zero-order valence-electron chi connectivity index (χ0n) is 16.4. The van der Waals surface area contributed by atoms with Crippen molar-refractivity contribution in [3.05, 3.63) is 71.9 Å². The lowest BCUT2D eigenvalue weighted by Gasteiger charge is -2.18. The van der Waals surface area contributed by atoms with Crippen molar-refractivity contribution < 1.29 is 4.79 Å². The molecule has 4 rings (SSSR count). The van der Waals surface area contributed by atoms with Crippen LogP contribution >= 0.6 is 0 Å². The Morgan fingerprint density at radius 2 is 1.79 bits per heavy atom. The van der Waals surface area contributed by atoms with E-state index in [-0.39, 0.29) is 6.03 Å². The van der Waals surface area contributed by atoms with E-state index in [4.69, 9.17) is 4.98 Å². The maximum Gasteiger partial charge on any atom is 0.321 e. The number of benzene rings is 2. The Balaban J connectivity index is 1.59. The van der Waals surface area contributed by atoms with Gasteiger partial charge in [0, 0.05) is 42.3 Å². The molecule has 0 aliphatic rings. The van der Waals surface area contributed by atoms with Crippen LogP contribution in [0.15, 0.2) is 60.7 Å². The fraction of sp³-hybridized carbons (Fsp3) is 0.217. The van der Waals surface area contributed by atoms with E-state index in [9.17, 15) is 4.79 Å². The summed E-state index contributed by atoms with van der Waals surface area (Å²) in [5.74, 6) is 0. The van der Waals surface area contributed by atoms with Crippen LogP contribution in [0.2, 0.25) is 0 Å². The van der Waals surface area contributed by atoms with Gasteiger partial charge in [-0.3, -0.25) is 4.90 Å². The molecule has 0 fully saturated rings. The summed E-state index contributed by atoms with van der Waals surface area (Å²) >= 11 is 0. The van der Waals surface area contributed by atoms with E-state index in [0.29, 0.717) is 13.1 Å². The van der Waals surface area contributed by atoms with Crippen LogP contribution in [-0.2, 0) is 6.54 Å². The lowest BCUT2D eigenvalue weighted by Crippen LogP contribution is -2.38. The summed E-state index contributed by atoms with van der Waals surface area (Å²) in [5.41, 5.74) is 5.21. The highest BCUT2D eigenvalue weighted by Crippen LogP contribution is 2.30. The summed E-state index contributed by atoms with van der Waals surface area (Å²) in [7, 11) is 1.78. The van der Waals surface area contributed by atoms with Crippen LogP contribution in [0.4, 0.5) is 10.5 Å². The van der Waals surface area contributed by atoms with Crippen LogP contribution in [0, 0.1) is 13.8 Å². The number of carbonyl (C=O) groups excluding carboxylic acids is 1. The summed E-state index contributed by atoms with van der Waals surface area (Å²) in [6.45, 7) is 5.34.